The van der Waals surface area contributed by atoms with Crippen LogP contribution in [0.1, 0.15) is 36.8 Å². The van der Waals surface area contributed by atoms with Crippen molar-refractivity contribution >= 4 is 15.9 Å². The van der Waals surface area contributed by atoms with Gasteiger partial charge in [0.1, 0.15) is 0 Å². The van der Waals surface area contributed by atoms with Crippen molar-refractivity contribution in [2.24, 2.45) is 0 Å². The van der Waals surface area contributed by atoms with Gasteiger partial charge in [-0.1, -0.05) is 28.1 Å². The van der Waals surface area contributed by atoms with Crippen molar-refractivity contribution < 1.29 is 5.11 Å². The maximum Gasteiger partial charge on any atom is 0.0552 e. The first-order valence-electron chi connectivity index (χ1n) is 5.13. The molecule has 1 saturated carbocycles. The minimum atomic E-state index is -0.256. The summed E-state index contributed by atoms with van der Waals surface area (Å²) in [5.74, 6) is 0.782. The molecule has 0 aliphatic heterocycles. The van der Waals surface area contributed by atoms with Gasteiger partial charge in [0.25, 0.3) is 0 Å². The number of halogens is 1. The lowest BCUT2D eigenvalue weighted by Crippen LogP contribution is -2.04. The van der Waals surface area contributed by atoms with Crippen LogP contribution in [-0.4, -0.2) is 11.2 Å². The monoisotopic (exact) mass is 254 g/mol. The molecule has 0 heterocycles. The molecular formula is C12H15BrO. The van der Waals surface area contributed by atoms with Crippen LogP contribution < -0.4 is 0 Å². The molecule has 1 aliphatic rings. The second-order valence-electron chi connectivity index (χ2n) is 4.18. The third-order valence-corrected chi connectivity index (χ3v) is 3.30. The van der Waals surface area contributed by atoms with Gasteiger partial charge in [-0.3, -0.25) is 0 Å². The first-order valence-corrected chi connectivity index (χ1v) is 5.92. The molecule has 1 nitrogen and oxygen atoms in total. The van der Waals surface area contributed by atoms with Crippen LogP contribution in [0.25, 0.3) is 0 Å². The number of hydrogen-bond donors (Lipinski definition) is 1. The second-order valence-corrected chi connectivity index (χ2v) is 5.04. The van der Waals surface area contributed by atoms with Gasteiger partial charge < -0.3 is 5.11 Å². The molecule has 0 saturated heterocycles. The van der Waals surface area contributed by atoms with Crippen LogP contribution in [0.2, 0.25) is 0 Å². The van der Waals surface area contributed by atoms with Crippen molar-refractivity contribution in [1.82, 2.24) is 0 Å². The zero-order chi connectivity index (χ0) is 10.1. The van der Waals surface area contributed by atoms with Gasteiger partial charge in [0.2, 0.25) is 0 Å². The van der Waals surface area contributed by atoms with Crippen molar-refractivity contribution in [2.75, 3.05) is 0 Å². The summed E-state index contributed by atoms with van der Waals surface area (Å²) >= 11 is 3.60. The minimum absolute atomic E-state index is 0.256. The van der Waals surface area contributed by atoms with Gasteiger partial charge in [-0.15, -0.1) is 0 Å². The highest BCUT2D eigenvalue weighted by Crippen LogP contribution is 2.43. The summed E-state index contributed by atoms with van der Waals surface area (Å²) in [6.45, 7) is 1.82. The van der Waals surface area contributed by atoms with Crippen LogP contribution in [0.15, 0.2) is 22.7 Å². The van der Waals surface area contributed by atoms with Gasteiger partial charge >= 0.3 is 0 Å². The molecule has 2 rings (SSSR count). The predicted octanol–water partition coefficient (Wildman–Crippen LogP) is 3.25. The topological polar surface area (TPSA) is 20.2 Å². The van der Waals surface area contributed by atoms with Crippen molar-refractivity contribution in [2.45, 2.75) is 38.2 Å². The van der Waals surface area contributed by atoms with Gasteiger partial charge in [0.05, 0.1) is 6.10 Å². The lowest BCUT2D eigenvalue weighted by Gasteiger charge is -2.07. The summed E-state index contributed by atoms with van der Waals surface area (Å²) in [6.07, 6.45) is 3.14. The Balaban J connectivity index is 2.17. The number of rotatable bonds is 3. The first-order chi connectivity index (χ1) is 6.66. The highest BCUT2D eigenvalue weighted by molar-refractivity contribution is 9.10. The van der Waals surface area contributed by atoms with Crippen LogP contribution in [0, 0.1) is 0 Å². The second kappa shape index (κ2) is 4.03. The third-order valence-electron chi connectivity index (χ3n) is 2.61. The normalized spacial score (nSPS) is 18.2. The Morgan fingerprint density at radius 3 is 2.71 bits per heavy atom. The van der Waals surface area contributed by atoms with Crippen LogP contribution in [-0.2, 0) is 6.42 Å². The van der Waals surface area contributed by atoms with Crippen molar-refractivity contribution in [3.63, 3.8) is 0 Å². The van der Waals surface area contributed by atoms with E-state index in [-0.39, 0.29) is 6.10 Å². The molecule has 14 heavy (non-hydrogen) atoms. The molecule has 1 aliphatic carbocycles. The third kappa shape index (κ3) is 2.37. The fourth-order valence-corrected chi connectivity index (χ4v) is 2.51. The lowest BCUT2D eigenvalue weighted by atomic mass is 10.0. The van der Waals surface area contributed by atoms with Gasteiger partial charge in [0, 0.05) is 4.47 Å². The summed E-state index contributed by atoms with van der Waals surface area (Å²) in [5, 5.41) is 9.27. The summed E-state index contributed by atoms with van der Waals surface area (Å²) in [6, 6.07) is 6.46. The largest absolute Gasteiger partial charge is 0.393 e. The Morgan fingerprint density at radius 1 is 1.50 bits per heavy atom. The molecule has 0 aromatic heterocycles. The highest BCUT2D eigenvalue weighted by atomic mass is 79.9. The van der Waals surface area contributed by atoms with Gasteiger partial charge in [-0.05, 0) is 49.3 Å². The lowest BCUT2D eigenvalue weighted by molar-refractivity contribution is 0.195. The number of benzene rings is 1. The van der Waals surface area contributed by atoms with Crippen LogP contribution in [0.4, 0.5) is 0 Å². The molecule has 0 spiro atoms. The zero-order valence-corrected chi connectivity index (χ0v) is 9.92. The quantitative estimate of drug-likeness (QED) is 0.879. The molecule has 1 N–H and O–H groups in total. The summed E-state index contributed by atoms with van der Waals surface area (Å²) in [4.78, 5) is 0. The van der Waals surface area contributed by atoms with Crippen LogP contribution in [0.5, 0.6) is 0 Å². The first kappa shape index (κ1) is 10.2. The maximum atomic E-state index is 9.27. The fraction of sp³-hybridized carbons (Fsp3) is 0.500. The number of aliphatic hydroxyl groups is 1. The van der Waals surface area contributed by atoms with Gasteiger partial charge in [-0.25, -0.2) is 0 Å². The Morgan fingerprint density at radius 2 is 2.21 bits per heavy atom. The average molecular weight is 255 g/mol. The summed E-state index contributed by atoms with van der Waals surface area (Å²) < 4.78 is 1.21. The van der Waals surface area contributed by atoms with E-state index < -0.39 is 0 Å². The van der Waals surface area contributed by atoms with Gasteiger partial charge in [0.15, 0.2) is 0 Å². The standard InChI is InChI=1S/C12H15BrO/c1-8(14)6-9-2-5-11(10-3-4-10)12(13)7-9/h2,5,7-8,10,14H,3-4,6H2,1H3. The maximum absolute atomic E-state index is 9.27. The average Bonchev–Trinajstić information content (AvgIpc) is 2.86. The van der Waals surface area contributed by atoms with E-state index in [1.807, 2.05) is 6.92 Å². The zero-order valence-electron chi connectivity index (χ0n) is 8.33. The molecule has 0 amide bonds. The van der Waals surface area contributed by atoms with Crippen molar-refractivity contribution in [3.05, 3.63) is 33.8 Å². The van der Waals surface area contributed by atoms with E-state index in [0.29, 0.717) is 0 Å². The summed E-state index contributed by atoms with van der Waals surface area (Å²) in [7, 11) is 0. The van der Waals surface area contributed by atoms with Crippen LogP contribution >= 0.6 is 15.9 Å². The smallest absolute Gasteiger partial charge is 0.0552 e. The molecule has 76 valence electrons. The Hall–Kier alpha value is -0.340. The molecular weight excluding hydrogens is 240 g/mol. The molecule has 1 aromatic carbocycles. The Bertz CT molecular complexity index is 329. The molecule has 0 bridgehead atoms. The van der Waals surface area contributed by atoms with Gasteiger partial charge in [-0.2, -0.15) is 0 Å². The summed E-state index contributed by atoms with van der Waals surface area (Å²) in [5.41, 5.74) is 2.63. The predicted molar refractivity (Wildman–Crippen MR) is 61.5 cm³/mol. The van der Waals surface area contributed by atoms with Crippen molar-refractivity contribution in [3.8, 4) is 0 Å². The van der Waals surface area contributed by atoms with E-state index in [9.17, 15) is 5.11 Å². The molecule has 1 unspecified atom stereocenters. The van der Waals surface area contributed by atoms with E-state index in [0.717, 1.165) is 12.3 Å². The number of hydrogen-bond acceptors (Lipinski definition) is 1. The Labute approximate surface area is 93.3 Å². The molecule has 1 fully saturated rings. The number of aliphatic hydroxyl groups excluding tert-OH is 1. The molecule has 1 aromatic rings. The minimum Gasteiger partial charge on any atom is -0.393 e. The van der Waals surface area contributed by atoms with E-state index >= 15 is 0 Å². The SMILES string of the molecule is CC(O)Cc1ccc(C2CC2)c(Br)c1. The van der Waals surface area contributed by atoms with E-state index in [1.54, 1.807) is 0 Å². The Kier molecular flexibility index (Phi) is 2.93. The highest BCUT2D eigenvalue weighted by Gasteiger charge is 2.25. The van der Waals surface area contributed by atoms with Crippen LogP contribution in [0.3, 0.4) is 0 Å². The van der Waals surface area contributed by atoms with E-state index in [2.05, 4.69) is 34.1 Å². The molecule has 0 radical (unpaired) electrons. The van der Waals surface area contributed by atoms with E-state index in [4.69, 9.17) is 0 Å². The fourth-order valence-electron chi connectivity index (χ4n) is 1.76. The van der Waals surface area contributed by atoms with Crippen molar-refractivity contribution in [1.29, 1.82) is 0 Å². The van der Waals surface area contributed by atoms with E-state index in [1.165, 1.54) is 28.4 Å². The molecule has 1 atom stereocenters. The molecule has 2 heteroatoms.